The fourth-order valence-electron chi connectivity index (χ4n) is 4.56. The van der Waals surface area contributed by atoms with Gasteiger partial charge in [-0.05, 0) is 43.7 Å². The molecule has 146 valence electrons. The lowest BCUT2D eigenvalue weighted by Crippen LogP contribution is -2.53. The molecule has 0 saturated carbocycles. The summed E-state index contributed by atoms with van der Waals surface area (Å²) >= 11 is 0. The van der Waals surface area contributed by atoms with Crippen LogP contribution >= 0.6 is 0 Å². The molecule has 0 aromatic heterocycles. The summed E-state index contributed by atoms with van der Waals surface area (Å²) < 4.78 is 5.38. The van der Waals surface area contributed by atoms with Gasteiger partial charge >= 0.3 is 0 Å². The van der Waals surface area contributed by atoms with E-state index in [0.717, 1.165) is 37.8 Å². The Labute approximate surface area is 160 Å². The monoisotopic (exact) mass is 371 g/mol. The van der Waals surface area contributed by atoms with Crippen LogP contribution < -0.4 is 10.6 Å². The van der Waals surface area contributed by atoms with Gasteiger partial charge in [0, 0.05) is 56.4 Å². The van der Waals surface area contributed by atoms with E-state index in [4.69, 9.17) is 4.74 Å². The van der Waals surface area contributed by atoms with Gasteiger partial charge in [-0.3, -0.25) is 9.59 Å². The highest BCUT2D eigenvalue weighted by Gasteiger charge is 2.39. The topological polar surface area (TPSA) is 70.7 Å². The zero-order valence-corrected chi connectivity index (χ0v) is 15.8. The maximum Gasteiger partial charge on any atom is 0.225 e. The number of hydrogen-bond donors (Lipinski definition) is 2. The molecular weight excluding hydrogens is 342 g/mol. The quantitative estimate of drug-likeness (QED) is 0.792. The van der Waals surface area contributed by atoms with Crippen LogP contribution in [0.2, 0.25) is 0 Å². The SMILES string of the molecule is O=C1CC2(CCN(C(=O)C3CCOCC3)CC2)Nc2ccccc2CCN1. The number of nitrogens with one attached hydrogen (secondary N) is 2. The summed E-state index contributed by atoms with van der Waals surface area (Å²) in [6, 6.07) is 8.31. The Morgan fingerprint density at radius 3 is 2.67 bits per heavy atom. The minimum absolute atomic E-state index is 0.0968. The van der Waals surface area contributed by atoms with Gasteiger partial charge in [0.2, 0.25) is 11.8 Å². The van der Waals surface area contributed by atoms with E-state index in [0.29, 0.717) is 39.3 Å². The first kappa shape index (κ1) is 18.3. The fraction of sp³-hybridized carbons (Fsp3) is 0.619. The van der Waals surface area contributed by atoms with Crippen LogP contribution in [0.15, 0.2) is 24.3 Å². The second-order valence-electron chi connectivity index (χ2n) is 8.05. The van der Waals surface area contributed by atoms with Gasteiger partial charge in [0.1, 0.15) is 0 Å². The Balaban J connectivity index is 1.47. The molecule has 0 aliphatic carbocycles. The third-order valence-corrected chi connectivity index (χ3v) is 6.24. The summed E-state index contributed by atoms with van der Waals surface area (Å²) in [5.41, 5.74) is 2.08. The number of carbonyl (C=O) groups is 2. The van der Waals surface area contributed by atoms with Gasteiger partial charge in [-0.2, -0.15) is 0 Å². The van der Waals surface area contributed by atoms with E-state index in [-0.39, 0.29) is 23.3 Å². The largest absolute Gasteiger partial charge is 0.381 e. The van der Waals surface area contributed by atoms with Gasteiger partial charge in [0.25, 0.3) is 0 Å². The number of para-hydroxylation sites is 1. The van der Waals surface area contributed by atoms with Crippen molar-refractivity contribution < 1.29 is 14.3 Å². The zero-order valence-electron chi connectivity index (χ0n) is 15.8. The molecule has 3 aliphatic rings. The van der Waals surface area contributed by atoms with Crippen LogP contribution in [0.25, 0.3) is 0 Å². The van der Waals surface area contributed by atoms with Crippen molar-refractivity contribution in [1.82, 2.24) is 10.2 Å². The standard InChI is InChI=1S/C21H29N3O3/c25-19-15-21(23-18-4-2-1-3-16(18)5-10-22-19)8-11-24(12-9-21)20(26)17-6-13-27-14-7-17/h1-4,17,23H,5-15H2,(H,22,25). The van der Waals surface area contributed by atoms with Crippen LogP contribution in [-0.2, 0) is 20.7 Å². The van der Waals surface area contributed by atoms with Crippen LogP contribution in [0.1, 0.15) is 37.7 Å². The molecule has 4 rings (SSSR count). The summed E-state index contributed by atoms with van der Waals surface area (Å²) in [6.07, 6.45) is 4.54. The van der Waals surface area contributed by atoms with Crippen LogP contribution in [0.5, 0.6) is 0 Å². The number of piperidine rings is 1. The summed E-state index contributed by atoms with van der Waals surface area (Å²) in [7, 11) is 0. The Kier molecular flexibility index (Phi) is 5.34. The molecular formula is C21H29N3O3. The minimum atomic E-state index is -0.281. The van der Waals surface area contributed by atoms with E-state index >= 15 is 0 Å². The lowest BCUT2D eigenvalue weighted by molar-refractivity contribution is -0.140. The molecule has 0 bridgehead atoms. The van der Waals surface area contributed by atoms with Crippen molar-refractivity contribution in [2.45, 2.75) is 44.1 Å². The summed E-state index contributed by atoms with van der Waals surface area (Å²) in [5, 5.41) is 6.75. The van der Waals surface area contributed by atoms with Gasteiger partial charge in [-0.15, -0.1) is 0 Å². The van der Waals surface area contributed by atoms with Gasteiger partial charge in [-0.1, -0.05) is 18.2 Å². The second-order valence-corrected chi connectivity index (χ2v) is 8.05. The van der Waals surface area contributed by atoms with Crippen molar-refractivity contribution in [1.29, 1.82) is 0 Å². The number of carbonyl (C=O) groups excluding carboxylic acids is 2. The summed E-state index contributed by atoms with van der Waals surface area (Å²) in [5.74, 6) is 0.464. The Morgan fingerprint density at radius 2 is 1.89 bits per heavy atom. The molecule has 1 aromatic carbocycles. The van der Waals surface area contributed by atoms with Crippen molar-refractivity contribution in [3.8, 4) is 0 Å². The highest BCUT2D eigenvalue weighted by molar-refractivity contribution is 5.80. The minimum Gasteiger partial charge on any atom is -0.381 e. The number of benzene rings is 1. The Hall–Kier alpha value is -2.08. The van der Waals surface area contributed by atoms with Crippen molar-refractivity contribution in [3.05, 3.63) is 29.8 Å². The molecule has 1 aromatic rings. The lowest BCUT2D eigenvalue weighted by atomic mass is 9.83. The van der Waals surface area contributed by atoms with E-state index < -0.39 is 0 Å². The van der Waals surface area contributed by atoms with Crippen molar-refractivity contribution in [3.63, 3.8) is 0 Å². The van der Waals surface area contributed by atoms with E-state index in [9.17, 15) is 9.59 Å². The molecule has 1 spiro atoms. The first-order chi connectivity index (χ1) is 13.2. The number of anilines is 1. The molecule has 0 unspecified atom stereocenters. The average Bonchev–Trinajstić information content (AvgIpc) is 2.76. The molecule has 2 N–H and O–H groups in total. The predicted molar refractivity (Wildman–Crippen MR) is 103 cm³/mol. The molecule has 2 amide bonds. The second kappa shape index (κ2) is 7.89. The normalized spacial score (nSPS) is 23.4. The molecule has 27 heavy (non-hydrogen) atoms. The molecule has 2 fully saturated rings. The molecule has 0 radical (unpaired) electrons. The number of fused-ring (bicyclic) bond motifs is 1. The first-order valence-corrected chi connectivity index (χ1v) is 10.1. The van der Waals surface area contributed by atoms with Crippen molar-refractivity contribution in [2.24, 2.45) is 5.92 Å². The van der Waals surface area contributed by atoms with E-state index in [1.165, 1.54) is 5.56 Å². The Morgan fingerprint density at radius 1 is 1.15 bits per heavy atom. The number of hydrogen-bond acceptors (Lipinski definition) is 4. The number of ether oxygens (including phenoxy) is 1. The maximum atomic E-state index is 12.8. The average molecular weight is 371 g/mol. The molecule has 2 saturated heterocycles. The van der Waals surface area contributed by atoms with Gasteiger partial charge in [0.15, 0.2) is 0 Å². The summed E-state index contributed by atoms with van der Waals surface area (Å²) in [4.78, 5) is 27.3. The van der Waals surface area contributed by atoms with Crippen LogP contribution in [-0.4, -0.2) is 55.1 Å². The van der Waals surface area contributed by atoms with Gasteiger partial charge in [0.05, 0.1) is 0 Å². The molecule has 0 atom stereocenters. The third-order valence-electron chi connectivity index (χ3n) is 6.24. The number of likely N-dealkylation sites (tertiary alicyclic amines) is 1. The number of amides is 2. The molecule has 6 nitrogen and oxygen atoms in total. The van der Waals surface area contributed by atoms with Crippen LogP contribution in [0, 0.1) is 5.92 Å². The van der Waals surface area contributed by atoms with Gasteiger partial charge < -0.3 is 20.3 Å². The highest BCUT2D eigenvalue weighted by Crippen LogP contribution is 2.33. The zero-order chi connectivity index (χ0) is 18.7. The maximum absolute atomic E-state index is 12.8. The fourth-order valence-corrected chi connectivity index (χ4v) is 4.56. The molecule has 3 aliphatic heterocycles. The molecule has 6 heteroatoms. The number of nitrogens with zero attached hydrogens (tertiary/aromatic N) is 1. The lowest BCUT2D eigenvalue weighted by Gasteiger charge is -2.43. The van der Waals surface area contributed by atoms with Gasteiger partial charge in [-0.25, -0.2) is 0 Å². The van der Waals surface area contributed by atoms with E-state index in [1.807, 2.05) is 17.0 Å². The van der Waals surface area contributed by atoms with Crippen LogP contribution in [0.3, 0.4) is 0 Å². The Bertz CT molecular complexity index is 692. The van der Waals surface area contributed by atoms with E-state index in [1.54, 1.807) is 0 Å². The highest BCUT2D eigenvalue weighted by atomic mass is 16.5. The van der Waals surface area contributed by atoms with Crippen molar-refractivity contribution in [2.75, 3.05) is 38.2 Å². The van der Waals surface area contributed by atoms with Crippen LogP contribution in [0.4, 0.5) is 5.69 Å². The number of rotatable bonds is 1. The smallest absolute Gasteiger partial charge is 0.225 e. The van der Waals surface area contributed by atoms with E-state index in [2.05, 4.69) is 22.8 Å². The predicted octanol–water partition coefficient (Wildman–Crippen LogP) is 1.95. The molecule has 3 heterocycles. The van der Waals surface area contributed by atoms with Crippen molar-refractivity contribution >= 4 is 17.5 Å². The first-order valence-electron chi connectivity index (χ1n) is 10.1. The summed E-state index contributed by atoms with van der Waals surface area (Å²) in [6.45, 7) is 3.46. The third kappa shape index (κ3) is 4.10.